The molecule has 0 radical (unpaired) electrons. The van der Waals surface area contributed by atoms with Crippen LogP contribution in [0.4, 0.5) is 0 Å². The number of allylic oxidation sites excluding steroid dienone is 2. The fourth-order valence-corrected chi connectivity index (χ4v) is 5.62. The highest BCUT2D eigenvalue weighted by Crippen LogP contribution is 2.38. The van der Waals surface area contributed by atoms with E-state index in [4.69, 9.17) is 0 Å². The molecule has 0 amide bonds. The molecule has 0 heterocycles. The molecule has 0 fully saturated rings. The summed E-state index contributed by atoms with van der Waals surface area (Å²) < 4.78 is 4.31. The molecule has 0 bridgehead atoms. The summed E-state index contributed by atoms with van der Waals surface area (Å²) in [6.45, 7) is 0. The molecule has 0 saturated heterocycles. The second kappa shape index (κ2) is 12.3. The van der Waals surface area contributed by atoms with Gasteiger partial charge in [-0.3, -0.25) is 0 Å². The Balaban J connectivity index is 1.82. The van der Waals surface area contributed by atoms with Crippen LogP contribution in [0.5, 0.6) is 0 Å². The van der Waals surface area contributed by atoms with E-state index in [1.807, 2.05) is 12.1 Å². The van der Waals surface area contributed by atoms with Gasteiger partial charge in [-0.25, -0.2) is 0 Å². The molecule has 4 aromatic carbocycles. The maximum Gasteiger partial charge on any atom is 0.0181 e. The van der Waals surface area contributed by atoms with E-state index >= 15 is 0 Å². The number of rotatable bonds is 7. The van der Waals surface area contributed by atoms with Crippen molar-refractivity contribution in [2.75, 3.05) is 0 Å². The van der Waals surface area contributed by atoms with E-state index in [1.54, 1.807) is 0 Å². The standard InChI is InChI=1S/C30H22Br4/c31-25-9-1-5-21(17-25)13-15-29(23-7-3-11-27(33)19-23)30(24-8-4-12-28(34)20-24)16-14-22-6-2-10-26(32)18-22/h1-20,29-30H/b15-13+,16-14+/t29-,30-/m1/s1. The predicted molar refractivity (Wildman–Crippen MR) is 160 cm³/mol. The normalized spacial score (nSPS) is 13.4. The van der Waals surface area contributed by atoms with E-state index in [0.29, 0.717) is 0 Å². The Morgan fingerprint density at radius 3 is 1.15 bits per heavy atom. The lowest BCUT2D eigenvalue weighted by Gasteiger charge is -2.24. The first-order chi connectivity index (χ1) is 16.5. The summed E-state index contributed by atoms with van der Waals surface area (Å²) in [6, 6.07) is 34.0. The van der Waals surface area contributed by atoms with Crippen molar-refractivity contribution in [1.29, 1.82) is 0 Å². The van der Waals surface area contributed by atoms with Gasteiger partial charge in [-0.05, 0) is 70.8 Å². The van der Waals surface area contributed by atoms with E-state index in [1.165, 1.54) is 22.3 Å². The van der Waals surface area contributed by atoms with Crippen molar-refractivity contribution in [1.82, 2.24) is 0 Å². The van der Waals surface area contributed by atoms with Crippen molar-refractivity contribution in [2.45, 2.75) is 11.8 Å². The highest BCUT2D eigenvalue weighted by molar-refractivity contribution is 9.11. The van der Waals surface area contributed by atoms with E-state index in [0.717, 1.165) is 17.9 Å². The van der Waals surface area contributed by atoms with Gasteiger partial charge in [-0.2, -0.15) is 0 Å². The van der Waals surface area contributed by atoms with E-state index < -0.39 is 0 Å². The topological polar surface area (TPSA) is 0 Å². The van der Waals surface area contributed by atoms with Gasteiger partial charge in [0, 0.05) is 29.7 Å². The van der Waals surface area contributed by atoms with Crippen molar-refractivity contribution in [3.8, 4) is 0 Å². The molecule has 0 N–H and O–H groups in total. The van der Waals surface area contributed by atoms with Gasteiger partial charge in [-0.1, -0.05) is 137 Å². The third-order valence-electron chi connectivity index (χ3n) is 5.54. The summed E-state index contributed by atoms with van der Waals surface area (Å²) >= 11 is 14.5. The molecule has 4 aromatic rings. The van der Waals surface area contributed by atoms with E-state index in [-0.39, 0.29) is 11.8 Å². The molecule has 0 aromatic heterocycles. The summed E-state index contributed by atoms with van der Waals surface area (Å²) in [6.07, 6.45) is 9.07. The molecule has 0 aliphatic heterocycles. The van der Waals surface area contributed by atoms with Crippen molar-refractivity contribution in [3.63, 3.8) is 0 Å². The van der Waals surface area contributed by atoms with Crippen molar-refractivity contribution < 1.29 is 0 Å². The van der Waals surface area contributed by atoms with E-state index in [9.17, 15) is 0 Å². The van der Waals surface area contributed by atoms with Crippen LogP contribution < -0.4 is 0 Å². The first-order valence-electron chi connectivity index (χ1n) is 10.9. The molecule has 4 heteroatoms. The van der Waals surface area contributed by atoms with Gasteiger partial charge in [0.2, 0.25) is 0 Å². The predicted octanol–water partition coefficient (Wildman–Crippen LogP) is 11.0. The Bertz CT molecular complexity index is 1220. The lowest BCUT2D eigenvalue weighted by atomic mass is 9.80. The maximum atomic E-state index is 3.68. The molecule has 4 rings (SSSR count). The smallest absolute Gasteiger partial charge is 0.0181 e. The van der Waals surface area contributed by atoms with Crippen LogP contribution in [-0.4, -0.2) is 0 Å². The summed E-state index contributed by atoms with van der Waals surface area (Å²) in [5, 5.41) is 0. The maximum absolute atomic E-state index is 3.68. The Morgan fingerprint density at radius 1 is 0.441 bits per heavy atom. The largest absolute Gasteiger partial charge is 0.0755 e. The third kappa shape index (κ3) is 7.14. The molecule has 34 heavy (non-hydrogen) atoms. The van der Waals surface area contributed by atoms with Crippen LogP contribution in [0.3, 0.4) is 0 Å². The number of hydrogen-bond acceptors (Lipinski definition) is 0. The molecule has 0 unspecified atom stereocenters. The average molecular weight is 702 g/mol. The molecule has 0 aliphatic carbocycles. The highest BCUT2D eigenvalue weighted by Gasteiger charge is 2.21. The van der Waals surface area contributed by atoms with Crippen LogP contribution in [0.1, 0.15) is 34.1 Å². The molecule has 0 spiro atoms. The molecule has 0 nitrogen and oxygen atoms in total. The van der Waals surface area contributed by atoms with Crippen molar-refractivity contribution >= 4 is 75.9 Å². The minimum Gasteiger partial charge on any atom is -0.0755 e. The second-order valence-corrected chi connectivity index (χ2v) is 11.7. The fourth-order valence-electron chi connectivity index (χ4n) is 3.95. The van der Waals surface area contributed by atoms with Gasteiger partial charge >= 0.3 is 0 Å². The van der Waals surface area contributed by atoms with Crippen LogP contribution in [0.2, 0.25) is 0 Å². The molecule has 0 aliphatic rings. The molecular weight excluding hydrogens is 680 g/mol. The van der Waals surface area contributed by atoms with Crippen LogP contribution >= 0.6 is 63.7 Å². The molecule has 0 saturated carbocycles. The minimum atomic E-state index is 0.134. The average Bonchev–Trinajstić information content (AvgIpc) is 2.81. The quantitative estimate of drug-likeness (QED) is 0.180. The highest BCUT2D eigenvalue weighted by atomic mass is 79.9. The van der Waals surface area contributed by atoms with Crippen LogP contribution in [0.25, 0.3) is 12.2 Å². The van der Waals surface area contributed by atoms with Crippen LogP contribution in [0.15, 0.2) is 127 Å². The third-order valence-corrected chi connectivity index (χ3v) is 7.52. The Hall–Kier alpha value is -1.72. The second-order valence-electron chi connectivity index (χ2n) is 7.99. The lowest BCUT2D eigenvalue weighted by Crippen LogP contribution is -2.08. The van der Waals surface area contributed by atoms with Crippen LogP contribution in [-0.2, 0) is 0 Å². The van der Waals surface area contributed by atoms with Crippen molar-refractivity contribution in [3.05, 3.63) is 149 Å². The minimum absolute atomic E-state index is 0.134. The molecular formula is C30H22Br4. The van der Waals surface area contributed by atoms with Gasteiger partial charge in [-0.15, -0.1) is 0 Å². The van der Waals surface area contributed by atoms with Gasteiger partial charge in [0.1, 0.15) is 0 Å². The zero-order valence-corrected chi connectivity index (χ0v) is 24.6. The van der Waals surface area contributed by atoms with Crippen LogP contribution in [0, 0.1) is 0 Å². The number of halogens is 4. The summed E-state index contributed by atoms with van der Waals surface area (Å²) in [7, 11) is 0. The van der Waals surface area contributed by atoms with Gasteiger partial charge < -0.3 is 0 Å². The zero-order valence-electron chi connectivity index (χ0n) is 18.2. The zero-order chi connectivity index (χ0) is 23.9. The number of benzene rings is 4. The Morgan fingerprint density at radius 2 is 0.794 bits per heavy atom. The SMILES string of the molecule is Brc1cccc(/C=C/[C@H](c2cccc(Br)c2)[C@H](/C=C/c2cccc(Br)c2)c2cccc(Br)c2)c1. The molecule has 170 valence electrons. The summed E-state index contributed by atoms with van der Waals surface area (Å²) in [5.74, 6) is 0.267. The Kier molecular flexibility index (Phi) is 9.18. The van der Waals surface area contributed by atoms with Gasteiger partial charge in [0.15, 0.2) is 0 Å². The number of hydrogen-bond donors (Lipinski definition) is 0. The van der Waals surface area contributed by atoms with E-state index in [2.05, 4.69) is 173 Å². The Labute approximate surface area is 235 Å². The fraction of sp³-hybridized carbons (Fsp3) is 0.0667. The van der Waals surface area contributed by atoms with Crippen molar-refractivity contribution in [2.24, 2.45) is 0 Å². The lowest BCUT2D eigenvalue weighted by molar-refractivity contribution is 0.742. The van der Waals surface area contributed by atoms with Gasteiger partial charge in [0.05, 0.1) is 0 Å². The monoisotopic (exact) mass is 698 g/mol. The first kappa shape index (κ1) is 25.4. The molecule has 2 atom stereocenters. The first-order valence-corrected chi connectivity index (χ1v) is 14.0. The summed E-state index contributed by atoms with van der Waals surface area (Å²) in [4.78, 5) is 0. The summed E-state index contributed by atoms with van der Waals surface area (Å²) in [5.41, 5.74) is 4.84. The van der Waals surface area contributed by atoms with Gasteiger partial charge in [0.25, 0.3) is 0 Å².